The third kappa shape index (κ3) is 1.70. The van der Waals surface area contributed by atoms with Gasteiger partial charge in [-0.1, -0.05) is 16.8 Å². The van der Waals surface area contributed by atoms with Gasteiger partial charge in [-0.2, -0.15) is 4.98 Å². The second-order valence-electron chi connectivity index (χ2n) is 5.15. The van der Waals surface area contributed by atoms with Crippen molar-refractivity contribution in [1.29, 1.82) is 0 Å². The maximum absolute atomic E-state index is 10.4. The molecule has 0 radical (unpaired) electrons. The van der Waals surface area contributed by atoms with Crippen LogP contribution < -0.4 is 0 Å². The summed E-state index contributed by atoms with van der Waals surface area (Å²) in [5.41, 5.74) is -0.486. The van der Waals surface area contributed by atoms with Gasteiger partial charge in [0.15, 0.2) is 10.1 Å². The molecule has 0 saturated heterocycles. The predicted molar refractivity (Wildman–Crippen MR) is 73.7 cm³/mol. The number of thiazole rings is 1. The van der Waals surface area contributed by atoms with Gasteiger partial charge in [-0.25, -0.2) is 4.98 Å². The van der Waals surface area contributed by atoms with E-state index in [4.69, 9.17) is 16.1 Å². The van der Waals surface area contributed by atoms with Crippen LogP contribution in [-0.4, -0.2) is 24.6 Å². The Morgan fingerprint density at radius 3 is 3.05 bits per heavy atom. The molecule has 0 spiro atoms. The Kier molecular flexibility index (Phi) is 2.48. The molecule has 4 rings (SSSR count). The molecular formula is C12H11ClN4O2S. The van der Waals surface area contributed by atoms with Gasteiger partial charge in [-0.05, 0) is 25.7 Å². The van der Waals surface area contributed by atoms with E-state index >= 15 is 0 Å². The Labute approximate surface area is 123 Å². The van der Waals surface area contributed by atoms with Crippen LogP contribution in [0.2, 0.25) is 5.15 Å². The minimum Gasteiger partial charge on any atom is -0.380 e. The highest BCUT2D eigenvalue weighted by molar-refractivity contribution is 7.15. The number of hydrogen-bond donors (Lipinski definition) is 1. The van der Waals surface area contributed by atoms with Gasteiger partial charge in [0.05, 0.1) is 0 Å². The molecule has 0 bridgehead atoms. The Morgan fingerprint density at radius 1 is 1.50 bits per heavy atom. The van der Waals surface area contributed by atoms with Gasteiger partial charge in [0.2, 0.25) is 5.82 Å². The van der Waals surface area contributed by atoms with Crippen LogP contribution in [0.3, 0.4) is 0 Å². The highest BCUT2D eigenvalue weighted by atomic mass is 35.5. The van der Waals surface area contributed by atoms with Gasteiger partial charge in [0, 0.05) is 11.6 Å². The Bertz CT molecular complexity index is 786. The van der Waals surface area contributed by atoms with Crippen LogP contribution in [0.1, 0.15) is 25.7 Å². The Morgan fingerprint density at radius 2 is 2.30 bits per heavy atom. The van der Waals surface area contributed by atoms with Crippen molar-refractivity contribution in [3.63, 3.8) is 0 Å². The standard InChI is InChI=1S/C12H11ClN4O2S/c1-12(18,6-2-3-6)10-15-9(16-19-10)7-8(13)14-11-17(7)4-5-20-11/h4-6,18H,2-3H2,1H3. The van der Waals surface area contributed by atoms with Gasteiger partial charge >= 0.3 is 0 Å². The fourth-order valence-electron chi connectivity index (χ4n) is 2.30. The van der Waals surface area contributed by atoms with Crippen LogP contribution >= 0.6 is 22.9 Å². The zero-order valence-electron chi connectivity index (χ0n) is 10.6. The van der Waals surface area contributed by atoms with E-state index in [0.717, 1.165) is 17.8 Å². The summed E-state index contributed by atoms with van der Waals surface area (Å²) in [7, 11) is 0. The van der Waals surface area contributed by atoms with Crippen LogP contribution in [0.4, 0.5) is 0 Å². The summed E-state index contributed by atoms with van der Waals surface area (Å²) >= 11 is 7.61. The molecule has 104 valence electrons. The van der Waals surface area contributed by atoms with Gasteiger partial charge in [-0.15, -0.1) is 11.3 Å². The molecule has 1 saturated carbocycles. The number of fused-ring (bicyclic) bond motifs is 1. The van der Waals surface area contributed by atoms with Gasteiger partial charge < -0.3 is 9.63 Å². The molecule has 0 aromatic carbocycles. The SMILES string of the molecule is CC(O)(c1nc(-c2c(Cl)nc3sccn23)no1)C1CC1. The van der Waals surface area contributed by atoms with Gasteiger partial charge in [0.1, 0.15) is 11.3 Å². The molecule has 0 aliphatic heterocycles. The highest BCUT2D eigenvalue weighted by Crippen LogP contribution is 2.45. The molecule has 1 aliphatic carbocycles. The van der Waals surface area contributed by atoms with Crippen LogP contribution in [-0.2, 0) is 5.60 Å². The van der Waals surface area contributed by atoms with Crippen molar-refractivity contribution in [2.45, 2.75) is 25.4 Å². The molecule has 3 aromatic heterocycles. The Hall–Kier alpha value is -1.44. The first-order valence-corrected chi connectivity index (χ1v) is 7.51. The summed E-state index contributed by atoms with van der Waals surface area (Å²) in [5, 5.41) is 16.6. The molecular weight excluding hydrogens is 300 g/mol. The molecule has 1 N–H and O–H groups in total. The van der Waals surface area contributed by atoms with Crippen molar-refractivity contribution in [2.24, 2.45) is 5.92 Å². The van der Waals surface area contributed by atoms with E-state index in [2.05, 4.69) is 15.1 Å². The monoisotopic (exact) mass is 310 g/mol. The fraction of sp³-hybridized carbons (Fsp3) is 0.417. The molecule has 1 aliphatic rings. The lowest BCUT2D eigenvalue weighted by molar-refractivity contribution is 0.000916. The summed E-state index contributed by atoms with van der Waals surface area (Å²) < 4.78 is 7.04. The number of nitrogens with zero attached hydrogens (tertiary/aromatic N) is 4. The molecule has 1 unspecified atom stereocenters. The van der Waals surface area contributed by atoms with Crippen LogP contribution in [0, 0.1) is 5.92 Å². The van der Waals surface area contributed by atoms with Gasteiger partial charge in [-0.3, -0.25) is 4.40 Å². The van der Waals surface area contributed by atoms with E-state index in [0.29, 0.717) is 16.7 Å². The number of hydrogen-bond acceptors (Lipinski definition) is 6. The summed E-state index contributed by atoms with van der Waals surface area (Å²) in [6.45, 7) is 1.71. The molecule has 1 atom stereocenters. The number of imidazole rings is 1. The van der Waals surface area contributed by atoms with E-state index in [-0.39, 0.29) is 11.8 Å². The second-order valence-corrected chi connectivity index (χ2v) is 6.38. The zero-order chi connectivity index (χ0) is 13.9. The number of halogens is 1. The highest BCUT2D eigenvalue weighted by Gasteiger charge is 2.45. The van der Waals surface area contributed by atoms with Crippen LogP contribution in [0.25, 0.3) is 16.5 Å². The number of aromatic nitrogens is 4. The summed E-state index contributed by atoms with van der Waals surface area (Å²) in [6.07, 6.45) is 3.81. The summed E-state index contributed by atoms with van der Waals surface area (Å²) in [5.74, 6) is 0.769. The predicted octanol–water partition coefficient (Wildman–Crippen LogP) is 2.72. The summed E-state index contributed by atoms with van der Waals surface area (Å²) in [4.78, 5) is 9.31. The minimum atomic E-state index is -1.07. The Balaban J connectivity index is 1.81. The first kappa shape index (κ1) is 12.3. The number of aliphatic hydroxyl groups is 1. The summed E-state index contributed by atoms with van der Waals surface area (Å²) in [6, 6.07) is 0. The average molecular weight is 311 g/mol. The number of rotatable bonds is 3. The largest absolute Gasteiger partial charge is 0.380 e. The molecule has 1 fully saturated rings. The van der Waals surface area contributed by atoms with Crippen molar-refractivity contribution in [3.8, 4) is 11.5 Å². The van der Waals surface area contributed by atoms with Crippen molar-refractivity contribution < 1.29 is 9.63 Å². The van der Waals surface area contributed by atoms with Crippen LogP contribution in [0.15, 0.2) is 16.1 Å². The van der Waals surface area contributed by atoms with Crippen LogP contribution in [0.5, 0.6) is 0 Å². The zero-order valence-corrected chi connectivity index (χ0v) is 12.1. The van der Waals surface area contributed by atoms with Crippen molar-refractivity contribution in [1.82, 2.24) is 19.5 Å². The quantitative estimate of drug-likeness (QED) is 0.805. The third-order valence-corrected chi connectivity index (χ3v) is 4.68. The first-order chi connectivity index (χ1) is 9.57. The van der Waals surface area contributed by atoms with Crippen molar-refractivity contribution in [2.75, 3.05) is 0 Å². The first-order valence-electron chi connectivity index (χ1n) is 6.25. The lowest BCUT2D eigenvalue weighted by Crippen LogP contribution is -2.24. The van der Waals surface area contributed by atoms with E-state index in [9.17, 15) is 5.11 Å². The van der Waals surface area contributed by atoms with Gasteiger partial charge in [0.25, 0.3) is 5.89 Å². The van der Waals surface area contributed by atoms with E-state index in [1.54, 1.807) is 6.92 Å². The average Bonchev–Trinajstić information content (AvgIpc) is 2.85. The second kappa shape index (κ2) is 4.03. The maximum atomic E-state index is 10.4. The van der Waals surface area contributed by atoms with Crippen molar-refractivity contribution in [3.05, 3.63) is 22.6 Å². The molecule has 0 amide bonds. The van der Waals surface area contributed by atoms with E-state index in [1.165, 1.54) is 11.3 Å². The molecule has 3 aromatic rings. The lowest BCUT2D eigenvalue weighted by Gasteiger charge is -2.16. The molecule has 20 heavy (non-hydrogen) atoms. The van der Waals surface area contributed by atoms with Crippen molar-refractivity contribution >= 4 is 27.9 Å². The van der Waals surface area contributed by atoms with E-state index in [1.807, 2.05) is 16.0 Å². The smallest absolute Gasteiger partial charge is 0.258 e. The fourth-order valence-corrected chi connectivity index (χ4v) is 3.32. The lowest BCUT2D eigenvalue weighted by atomic mass is 10.0. The van der Waals surface area contributed by atoms with E-state index < -0.39 is 5.60 Å². The molecule has 8 heteroatoms. The maximum Gasteiger partial charge on any atom is 0.258 e. The molecule has 3 heterocycles. The minimum absolute atomic E-state index is 0.192. The molecule has 6 nitrogen and oxygen atoms in total. The topological polar surface area (TPSA) is 76.5 Å². The third-order valence-electron chi connectivity index (χ3n) is 3.66. The normalized spacial score (nSPS) is 18.6.